The smallest absolute Gasteiger partial charge is 0.489 e. The lowest BCUT2D eigenvalue weighted by Crippen LogP contribution is -2.37. The van der Waals surface area contributed by atoms with E-state index in [1.165, 1.54) is 23.2 Å². The van der Waals surface area contributed by atoms with Crippen molar-refractivity contribution in [2.24, 2.45) is 0 Å². The second-order valence-electron chi connectivity index (χ2n) is 8.48. The second-order valence-corrected chi connectivity index (χ2v) is 9.73. The maximum atomic E-state index is 13.0. The first-order chi connectivity index (χ1) is 19.6. The van der Waals surface area contributed by atoms with Crippen LogP contribution in [0.25, 0.3) is 11.1 Å². The number of nitrogens with one attached hydrogen (secondary N) is 1. The molecule has 4 aromatic rings. The Hall–Kier alpha value is -3.98. The predicted octanol–water partition coefficient (Wildman–Crippen LogP) is 7.48. The molecule has 0 aliphatic carbocycles. The molecule has 2 aromatic carbocycles. The summed E-state index contributed by atoms with van der Waals surface area (Å²) in [5.41, 5.74) is 1.24. The Morgan fingerprint density at radius 3 is 2.59 bits per heavy atom. The van der Waals surface area contributed by atoms with Crippen LogP contribution in [0.5, 0.6) is 17.2 Å². The third-order valence-electron chi connectivity index (χ3n) is 5.64. The number of H-pyrrole nitrogens is 1. The van der Waals surface area contributed by atoms with Gasteiger partial charge in [0.15, 0.2) is 17.2 Å². The number of hydrogen-bond acceptors (Lipinski definition) is 6. The Bertz CT molecular complexity index is 1530. The summed E-state index contributed by atoms with van der Waals surface area (Å²) in [5, 5.41) is 10.0. The molecule has 14 heteroatoms. The van der Waals surface area contributed by atoms with Crippen LogP contribution in [0, 0.1) is 11.3 Å². The van der Waals surface area contributed by atoms with E-state index in [4.69, 9.17) is 44.8 Å². The minimum absolute atomic E-state index is 0.0393. The number of nitrogens with zero attached hydrogens (tertiary/aromatic N) is 4. The van der Waals surface area contributed by atoms with Crippen LogP contribution < -0.4 is 14.2 Å². The van der Waals surface area contributed by atoms with Crippen molar-refractivity contribution in [3.05, 3.63) is 82.1 Å². The van der Waals surface area contributed by atoms with E-state index in [2.05, 4.69) is 19.4 Å². The number of aromatic nitrogens is 3. The number of amides is 1. The van der Waals surface area contributed by atoms with Crippen LogP contribution in [0.3, 0.4) is 0 Å². The zero-order chi connectivity index (χ0) is 29.6. The van der Waals surface area contributed by atoms with Gasteiger partial charge >= 0.3 is 12.3 Å². The summed E-state index contributed by atoms with van der Waals surface area (Å²) in [5.74, 6) is 0.269. The monoisotopic (exact) mass is 623 g/mol. The average Bonchev–Trinajstić information content (AvgIpc) is 3.68. The van der Waals surface area contributed by atoms with Crippen molar-refractivity contribution in [3.8, 4) is 34.4 Å². The normalized spacial score (nSPS) is 12.7. The summed E-state index contributed by atoms with van der Waals surface area (Å²) in [7, 11) is 0. The third-order valence-corrected chi connectivity index (χ3v) is 6.42. The van der Waals surface area contributed by atoms with E-state index >= 15 is 0 Å². The summed E-state index contributed by atoms with van der Waals surface area (Å²) in [6, 6.07) is 9.48. The van der Waals surface area contributed by atoms with Gasteiger partial charge in [0.2, 0.25) is 0 Å². The van der Waals surface area contributed by atoms with Crippen molar-refractivity contribution in [1.82, 2.24) is 19.4 Å². The maximum absolute atomic E-state index is 13.0. The van der Waals surface area contributed by atoms with Gasteiger partial charge in [0.25, 0.3) is 0 Å². The average molecular weight is 625 g/mol. The van der Waals surface area contributed by atoms with Crippen LogP contribution in [-0.2, 0) is 0 Å². The number of benzene rings is 2. The Labute approximate surface area is 248 Å². The third kappa shape index (κ3) is 7.21. The molecule has 1 amide bonds. The highest BCUT2D eigenvalue weighted by Gasteiger charge is 2.44. The molecule has 1 aliphatic rings. The number of fused-ring (bicyclic) bond motifs is 1. The SMILES string of the molecule is CCCN(CCOc1c(Cl)cc(Cl)cc1Cl)C(=O)n1ccnc1.N#Cc1c[nH]cc1-c1cccc2c1OC(F)(F)O2. The number of alkyl halides is 2. The van der Waals surface area contributed by atoms with Crippen LogP contribution in [0.4, 0.5) is 13.6 Å². The van der Waals surface area contributed by atoms with Gasteiger partial charge in [-0.2, -0.15) is 5.26 Å². The Kier molecular flexibility index (Phi) is 9.60. The molecule has 1 aliphatic heterocycles. The minimum atomic E-state index is -3.67. The Morgan fingerprint density at radius 2 is 1.93 bits per heavy atom. The summed E-state index contributed by atoms with van der Waals surface area (Å²) >= 11 is 18.0. The van der Waals surface area contributed by atoms with E-state index in [1.54, 1.807) is 47.8 Å². The molecule has 3 heterocycles. The fraction of sp³-hybridized carbons (Fsp3) is 0.222. The van der Waals surface area contributed by atoms with E-state index < -0.39 is 6.29 Å². The van der Waals surface area contributed by atoms with Crippen LogP contribution in [0.15, 0.2) is 61.4 Å². The molecule has 1 N–H and O–H groups in total. The molecule has 0 atom stereocenters. The number of carbonyl (C=O) groups excluding carboxylic acids is 1. The lowest BCUT2D eigenvalue weighted by atomic mass is 10.0. The number of halogens is 5. The maximum Gasteiger partial charge on any atom is 0.586 e. The van der Waals surface area contributed by atoms with Crippen molar-refractivity contribution < 1.29 is 27.8 Å². The first-order valence-corrected chi connectivity index (χ1v) is 13.3. The van der Waals surface area contributed by atoms with Crippen molar-refractivity contribution in [2.45, 2.75) is 19.6 Å². The van der Waals surface area contributed by atoms with Crippen molar-refractivity contribution in [3.63, 3.8) is 0 Å². The predicted molar refractivity (Wildman–Crippen MR) is 149 cm³/mol. The van der Waals surface area contributed by atoms with E-state index in [0.717, 1.165) is 6.42 Å². The number of ether oxygens (including phenoxy) is 3. The van der Waals surface area contributed by atoms with Gasteiger partial charge in [-0.3, -0.25) is 4.57 Å². The van der Waals surface area contributed by atoms with Gasteiger partial charge in [0.1, 0.15) is 19.0 Å². The zero-order valence-electron chi connectivity index (χ0n) is 21.4. The summed E-state index contributed by atoms with van der Waals surface area (Å²) in [6.07, 6.45) is 4.85. The number of rotatable bonds is 7. The van der Waals surface area contributed by atoms with Crippen LogP contribution in [0.2, 0.25) is 15.1 Å². The van der Waals surface area contributed by atoms with Crippen LogP contribution >= 0.6 is 34.8 Å². The van der Waals surface area contributed by atoms with Gasteiger partial charge in [-0.1, -0.05) is 53.9 Å². The van der Waals surface area contributed by atoms with Gasteiger partial charge in [-0.05, 0) is 24.6 Å². The number of para-hydroxylation sites is 1. The molecule has 5 rings (SSSR count). The first-order valence-electron chi connectivity index (χ1n) is 12.1. The highest BCUT2D eigenvalue weighted by Crippen LogP contribution is 2.47. The van der Waals surface area contributed by atoms with Crippen molar-refractivity contribution in [1.29, 1.82) is 5.26 Å². The summed E-state index contributed by atoms with van der Waals surface area (Å²) in [6.45, 7) is 3.28. The second kappa shape index (κ2) is 13.1. The highest BCUT2D eigenvalue weighted by atomic mass is 35.5. The van der Waals surface area contributed by atoms with E-state index in [0.29, 0.717) is 50.6 Å². The topological polar surface area (TPSA) is 105 Å². The quantitative estimate of drug-likeness (QED) is 0.229. The summed E-state index contributed by atoms with van der Waals surface area (Å²) in [4.78, 5) is 20.7. The van der Waals surface area contributed by atoms with Crippen LogP contribution in [-0.4, -0.2) is 51.5 Å². The molecule has 214 valence electrons. The molecule has 0 bridgehead atoms. The van der Waals surface area contributed by atoms with Crippen molar-refractivity contribution >= 4 is 40.8 Å². The Morgan fingerprint density at radius 1 is 1.17 bits per heavy atom. The van der Waals surface area contributed by atoms with E-state index in [1.807, 2.05) is 13.0 Å². The van der Waals surface area contributed by atoms with E-state index in [-0.39, 0.29) is 24.1 Å². The first kappa shape index (κ1) is 30.0. The van der Waals surface area contributed by atoms with Gasteiger partial charge in [-0.15, -0.1) is 8.78 Å². The number of nitriles is 1. The molecular formula is C27H22Cl3F2N5O4. The fourth-order valence-electron chi connectivity index (χ4n) is 3.89. The minimum Gasteiger partial charge on any atom is -0.489 e. The largest absolute Gasteiger partial charge is 0.586 e. The summed E-state index contributed by atoms with van der Waals surface area (Å²) < 4.78 is 41.9. The fourth-order valence-corrected chi connectivity index (χ4v) is 4.82. The number of imidazole rings is 1. The molecule has 41 heavy (non-hydrogen) atoms. The molecule has 0 fully saturated rings. The standard InChI is InChI=1S/C15H16Cl3N3O2.C12H6F2N2O2/c1-2-4-20(15(22)21-5-3-19-10-21)6-7-23-14-12(17)8-11(16)9-13(14)18;13-12(14)17-10-3-1-2-8(11(10)18-12)9-6-16-5-7(9)4-15/h3,5,8-10H,2,4,6-7H2,1H3;1-3,5-6,16H. The highest BCUT2D eigenvalue weighted by molar-refractivity contribution is 6.40. The Balaban J connectivity index is 0.000000194. The van der Waals surface area contributed by atoms with Gasteiger partial charge in [-0.25, -0.2) is 9.78 Å². The molecule has 0 radical (unpaired) electrons. The molecule has 2 aromatic heterocycles. The molecule has 0 saturated carbocycles. The number of hydrogen-bond donors (Lipinski definition) is 1. The molecule has 0 saturated heterocycles. The van der Waals surface area contributed by atoms with E-state index in [9.17, 15) is 13.6 Å². The molecule has 9 nitrogen and oxygen atoms in total. The lowest BCUT2D eigenvalue weighted by Gasteiger charge is -2.22. The van der Waals surface area contributed by atoms with Gasteiger partial charge < -0.3 is 24.1 Å². The number of carbonyl (C=O) groups is 1. The zero-order valence-corrected chi connectivity index (χ0v) is 23.7. The molecular weight excluding hydrogens is 603 g/mol. The molecule has 0 unspecified atom stereocenters. The number of aromatic amines is 1. The van der Waals surface area contributed by atoms with Gasteiger partial charge in [0, 0.05) is 47.5 Å². The molecule has 0 spiro atoms. The van der Waals surface area contributed by atoms with Crippen LogP contribution in [0.1, 0.15) is 18.9 Å². The lowest BCUT2D eigenvalue weighted by molar-refractivity contribution is -0.286. The van der Waals surface area contributed by atoms with Gasteiger partial charge in [0.05, 0.1) is 22.2 Å². The van der Waals surface area contributed by atoms with Crippen molar-refractivity contribution in [2.75, 3.05) is 19.7 Å².